The quantitative estimate of drug-likeness (QED) is 0.854. The zero-order chi connectivity index (χ0) is 11.7. The number of anilines is 1. The van der Waals surface area contributed by atoms with Gasteiger partial charge in [0.05, 0.1) is 18.9 Å². The third-order valence-corrected chi connectivity index (χ3v) is 2.85. The van der Waals surface area contributed by atoms with Gasteiger partial charge in [-0.2, -0.15) is 0 Å². The van der Waals surface area contributed by atoms with Gasteiger partial charge in [0.1, 0.15) is 5.82 Å². The van der Waals surface area contributed by atoms with Crippen LogP contribution < -0.4 is 5.32 Å². The molecule has 0 aliphatic carbocycles. The number of nitrogens with zero attached hydrogens (tertiary/aromatic N) is 2. The fourth-order valence-corrected chi connectivity index (χ4v) is 1.97. The number of benzene rings is 1. The molecule has 0 amide bonds. The van der Waals surface area contributed by atoms with E-state index in [-0.39, 0.29) is 0 Å². The Morgan fingerprint density at radius 1 is 1.12 bits per heavy atom. The summed E-state index contributed by atoms with van der Waals surface area (Å²) in [5, 5.41) is 3.11. The van der Waals surface area contributed by atoms with Crippen molar-refractivity contribution in [1.82, 2.24) is 9.97 Å². The highest BCUT2D eigenvalue weighted by Gasteiger charge is 2.19. The van der Waals surface area contributed by atoms with Crippen LogP contribution in [0.25, 0.3) is 11.4 Å². The van der Waals surface area contributed by atoms with Crippen LogP contribution in [0.15, 0.2) is 30.3 Å². The summed E-state index contributed by atoms with van der Waals surface area (Å²) in [6, 6.07) is 9.98. The van der Waals surface area contributed by atoms with E-state index in [1.807, 2.05) is 37.4 Å². The standard InChI is InChI=1S/C13H13N3O/c1-14-13-10-7-17-8-11(10)15-12(16-13)9-5-3-2-4-6-9/h2-6H,7-8H2,1H3,(H,14,15,16). The number of aromatic nitrogens is 2. The van der Waals surface area contributed by atoms with E-state index in [1.165, 1.54) is 0 Å². The first-order valence-electron chi connectivity index (χ1n) is 5.59. The average molecular weight is 227 g/mol. The predicted octanol–water partition coefficient (Wildman–Crippen LogP) is 2.22. The van der Waals surface area contributed by atoms with E-state index in [0.29, 0.717) is 13.2 Å². The lowest BCUT2D eigenvalue weighted by Gasteiger charge is -2.08. The van der Waals surface area contributed by atoms with Crippen molar-refractivity contribution in [3.63, 3.8) is 0 Å². The molecule has 1 aliphatic heterocycles. The maximum absolute atomic E-state index is 5.41. The van der Waals surface area contributed by atoms with Crippen molar-refractivity contribution in [3.8, 4) is 11.4 Å². The summed E-state index contributed by atoms with van der Waals surface area (Å²) in [5.41, 5.74) is 3.09. The summed E-state index contributed by atoms with van der Waals surface area (Å²) >= 11 is 0. The van der Waals surface area contributed by atoms with Crippen LogP contribution in [0.4, 0.5) is 5.82 Å². The molecule has 2 heterocycles. The van der Waals surface area contributed by atoms with Crippen molar-refractivity contribution >= 4 is 5.82 Å². The molecule has 1 N–H and O–H groups in total. The Labute approximate surface area is 99.7 Å². The molecule has 0 bridgehead atoms. The molecule has 1 aromatic heterocycles. The Hall–Kier alpha value is -1.94. The van der Waals surface area contributed by atoms with Crippen molar-refractivity contribution in [3.05, 3.63) is 41.6 Å². The van der Waals surface area contributed by atoms with E-state index < -0.39 is 0 Å². The molecule has 2 aromatic rings. The number of hydrogen-bond acceptors (Lipinski definition) is 4. The molecule has 0 spiro atoms. The molecule has 0 atom stereocenters. The van der Waals surface area contributed by atoms with Crippen LogP contribution >= 0.6 is 0 Å². The first kappa shape index (κ1) is 10.2. The molecule has 4 nitrogen and oxygen atoms in total. The maximum Gasteiger partial charge on any atom is 0.161 e. The Bertz CT molecular complexity index is 540. The third kappa shape index (κ3) is 1.76. The maximum atomic E-state index is 5.41. The third-order valence-electron chi connectivity index (χ3n) is 2.85. The minimum absolute atomic E-state index is 0.576. The second-order valence-electron chi connectivity index (χ2n) is 3.93. The van der Waals surface area contributed by atoms with Crippen molar-refractivity contribution in [2.24, 2.45) is 0 Å². The van der Waals surface area contributed by atoms with Gasteiger partial charge >= 0.3 is 0 Å². The van der Waals surface area contributed by atoms with E-state index in [4.69, 9.17) is 4.74 Å². The van der Waals surface area contributed by atoms with Gasteiger partial charge in [0.15, 0.2) is 5.82 Å². The smallest absolute Gasteiger partial charge is 0.161 e. The van der Waals surface area contributed by atoms with Crippen molar-refractivity contribution in [2.45, 2.75) is 13.2 Å². The van der Waals surface area contributed by atoms with E-state index >= 15 is 0 Å². The van der Waals surface area contributed by atoms with Crippen LogP contribution in [0.2, 0.25) is 0 Å². The predicted molar refractivity (Wildman–Crippen MR) is 65.5 cm³/mol. The monoisotopic (exact) mass is 227 g/mol. The minimum Gasteiger partial charge on any atom is -0.373 e. The molecule has 0 saturated heterocycles. The highest BCUT2D eigenvalue weighted by atomic mass is 16.5. The Morgan fingerprint density at radius 2 is 1.94 bits per heavy atom. The summed E-state index contributed by atoms with van der Waals surface area (Å²) in [6.07, 6.45) is 0. The number of fused-ring (bicyclic) bond motifs is 1. The molecule has 0 unspecified atom stereocenters. The first-order chi connectivity index (χ1) is 8.38. The second kappa shape index (κ2) is 4.14. The molecule has 0 radical (unpaired) electrons. The number of nitrogens with one attached hydrogen (secondary N) is 1. The minimum atomic E-state index is 0.576. The number of rotatable bonds is 2. The van der Waals surface area contributed by atoms with Crippen molar-refractivity contribution < 1.29 is 4.74 Å². The number of hydrogen-bond donors (Lipinski definition) is 1. The second-order valence-corrected chi connectivity index (χ2v) is 3.93. The summed E-state index contributed by atoms with van der Waals surface area (Å²) in [7, 11) is 1.87. The largest absolute Gasteiger partial charge is 0.373 e. The van der Waals surface area contributed by atoms with Gasteiger partial charge in [-0.25, -0.2) is 9.97 Å². The molecule has 86 valence electrons. The molecular formula is C13H13N3O. The van der Waals surface area contributed by atoms with Gasteiger partial charge < -0.3 is 10.1 Å². The molecule has 4 heteroatoms. The Kier molecular flexibility index (Phi) is 2.49. The number of ether oxygens (including phenoxy) is 1. The van der Waals surface area contributed by atoms with E-state index in [1.54, 1.807) is 0 Å². The van der Waals surface area contributed by atoms with Crippen LogP contribution in [0.1, 0.15) is 11.3 Å². The van der Waals surface area contributed by atoms with E-state index in [9.17, 15) is 0 Å². The highest BCUT2D eigenvalue weighted by molar-refractivity contribution is 5.60. The molecular weight excluding hydrogens is 214 g/mol. The van der Waals surface area contributed by atoms with Crippen molar-refractivity contribution in [2.75, 3.05) is 12.4 Å². The molecule has 0 fully saturated rings. The summed E-state index contributed by atoms with van der Waals surface area (Å²) in [4.78, 5) is 9.09. The van der Waals surface area contributed by atoms with Gasteiger partial charge in [-0.15, -0.1) is 0 Å². The van der Waals surface area contributed by atoms with E-state index in [0.717, 1.165) is 28.5 Å². The van der Waals surface area contributed by atoms with Gasteiger partial charge in [-0.05, 0) is 0 Å². The molecule has 1 aromatic carbocycles. The highest BCUT2D eigenvalue weighted by Crippen LogP contribution is 2.27. The zero-order valence-corrected chi connectivity index (χ0v) is 9.60. The van der Waals surface area contributed by atoms with Gasteiger partial charge in [0, 0.05) is 18.2 Å². The Morgan fingerprint density at radius 3 is 2.71 bits per heavy atom. The van der Waals surface area contributed by atoms with E-state index in [2.05, 4.69) is 15.3 Å². The van der Waals surface area contributed by atoms with Crippen LogP contribution in [0, 0.1) is 0 Å². The van der Waals surface area contributed by atoms with Crippen molar-refractivity contribution in [1.29, 1.82) is 0 Å². The SMILES string of the molecule is CNc1nc(-c2ccccc2)nc2c1COC2. The average Bonchev–Trinajstić information content (AvgIpc) is 2.86. The summed E-state index contributed by atoms with van der Waals surface area (Å²) < 4.78 is 5.41. The van der Waals surface area contributed by atoms with Gasteiger partial charge in [0.25, 0.3) is 0 Å². The normalized spacial score (nSPS) is 13.5. The topological polar surface area (TPSA) is 47.0 Å². The first-order valence-corrected chi connectivity index (χ1v) is 5.59. The summed E-state index contributed by atoms with van der Waals surface area (Å²) in [5.74, 6) is 1.62. The van der Waals surface area contributed by atoms with Crippen LogP contribution in [-0.2, 0) is 18.0 Å². The lowest BCUT2D eigenvalue weighted by Crippen LogP contribution is -2.03. The molecule has 0 saturated carbocycles. The van der Waals surface area contributed by atoms with Crippen LogP contribution in [0.5, 0.6) is 0 Å². The summed E-state index contributed by atoms with van der Waals surface area (Å²) in [6.45, 7) is 1.17. The fourth-order valence-electron chi connectivity index (χ4n) is 1.97. The van der Waals surface area contributed by atoms with Crippen LogP contribution in [-0.4, -0.2) is 17.0 Å². The molecule has 3 rings (SSSR count). The lowest BCUT2D eigenvalue weighted by molar-refractivity contribution is 0.133. The fraction of sp³-hybridized carbons (Fsp3) is 0.231. The molecule has 1 aliphatic rings. The van der Waals surface area contributed by atoms with Gasteiger partial charge in [-0.3, -0.25) is 0 Å². The zero-order valence-electron chi connectivity index (χ0n) is 9.60. The van der Waals surface area contributed by atoms with Gasteiger partial charge in [-0.1, -0.05) is 30.3 Å². The Balaban J connectivity index is 2.13. The molecule has 17 heavy (non-hydrogen) atoms. The van der Waals surface area contributed by atoms with Gasteiger partial charge in [0.2, 0.25) is 0 Å². The van der Waals surface area contributed by atoms with Crippen LogP contribution in [0.3, 0.4) is 0 Å². The lowest BCUT2D eigenvalue weighted by atomic mass is 10.2.